The number of rotatable bonds is 4. The summed E-state index contributed by atoms with van der Waals surface area (Å²) in [6, 6.07) is 11.8. The highest BCUT2D eigenvalue weighted by Gasteiger charge is 2.76. The van der Waals surface area contributed by atoms with E-state index in [-0.39, 0.29) is 22.6 Å². The number of alkyl halides is 3. The number of fused-ring (bicyclic) bond motifs is 4. The van der Waals surface area contributed by atoms with E-state index in [9.17, 15) is 33.0 Å². The molecule has 10 heteroatoms. The van der Waals surface area contributed by atoms with Gasteiger partial charge in [-0.1, -0.05) is 42.5 Å². The Morgan fingerprint density at radius 1 is 1.09 bits per heavy atom. The Morgan fingerprint density at radius 3 is 2.31 bits per heavy atom. The highest BCUT2D eigenvalue weighted by Crippen LogP contribution is 2.65. The SMILES string of the molecule is COc1cncc2c1[C@@]1(O)C(=O)[C@](c3ccc(C(F)(F)F)cc3)(O2)[C@H](c2ccccc2)[C@@H]1C(=O)O. The van der Waals surface area contributed by atoms with Gasteiger partial charge in [-0.05, 0) is 17.7 Å². The number of carbonyl (C=O) groups excluding carboxylic acids is 1. The van der Waals surface area contributed by atoms with Crippen LogP contribution in [0.3, 0.4) is 0 Å². The van der Waals surface area contributed by atoms with E-state index in [0.717, 1.165) is 24.3 Å². The lowest BCUT2D eigenvalue weighted by Crippen LogP contribution is -2.51. The summed E-state index contributed by atoms with van der Waals surface area (Å²) in [4.78, 5) is 30.8. The molecule has 1 saturated carbocycles. The number of Topliss-reactive ketones (excluding diaryl/α,β-unsaturated/α-hetero) is 1. The summed E-state index contributed by atoms with van der Waals surface area (Å²) in [6.45, 7) is 0. The molecule has 0 amide bonds. The first-order chi connectivity index (χ1) is 16.6. The first-order valence-corrected chi connectivity index (χ1v) is 10.5. The normalized spacial score (nSPS) is 27.2. The van der Waals surface area contributed by atoms with Crippen LogP contribution in [0.4, 0.5) is 13.2 Å². The zero-order valence-corrected chi connectivity index (χ0v) is 18.1. The van der Waals surface area contributed by atoms with Crippen molar-refractivity contribution in [2.45, 2.75) is 23.3 Å². The molecule has 1 aromatic heterocycles. The van der Waals surface area contributed by atoms with Gasteiger partial charge in [-0.3, -0.25) is 14.6 Å². The summed E-state index contributed by atoms with van der Waals surface area (Å²) >= 11 is 0. The maximum Gasteiger partial charge on any atom is 0.416 e. The number of ether oxygens (including phenoxy) is 2. The molecule has 0 saturated heterocycles. The summed E-state index contributed by atoms with van der Waals surface area (Å²) < 4.78 is 51.2. The number of benzene rings is 2. The zero-order valence-electron chi connectivity index (χ0n) is 18.1. The summed E-state index contributed by atoms with van der Waals surface area (Å²) in [6.07, 6.45) is -2.20. The fourth-order valence-electron chi connectivity index (χ4n) is 5.31. The van der Waals surface area contributed by atoms with E-state index in [1.807, 2.05) is 0 Å². The second kappa shape index (κ2) is 7.54. The number of hydrogen-bond donors (Lipinski definition) is 2. The van der Waals surface area contributed by atoms with Gasteiger partial charge >= 0.3 is 12.1 Å². The third-order valence-electron chi connectivity index (χ3n) is 6.72. The molecule has 35 heavy (non-hydrogen) atoms. The molecule has 0 radical (unpaired) electrons. The van der Waals surface area contributed by atoms with E-state index >= 15 is 0 Å². The molecular weight excluding hydrogens is 467 g/mol. The molecule has 2 aromatic carbocycles. The Morgan fingerprint density at radius 2 is 1.74 bits per heavy atom. The number of hydrogen-bond acceptors (Lipinski definition) is 6. The average Bonchev–Trinajstić information content (AvgIpc) is 2.96. The number of pyridine rings is 1. The number of methoxy groups -OCH3 is 1. The molecule has 2 aliphatic rings. The van der Waals surface area contributed by atoms with Gasteiger partial charge in [0.05, 0.1) is 36.5 Å². The number of carboxylic acid groups (broad SMARTS) is 1. The molecule has 7 nitrogen and oxygen atoms in total. The smallest absolute Gasteiger partial charge is 0.416 e. The van der Waals surface area contributed by atoms with Crippen molar-refractivity contribution >= 4 is 11.8 Å². The predicted octanol–water partition coefficient (Wildman–Crippen LogP) is 3.65. The monoisotopic (exact) mass is 485 g/mol. The van der Waals surface area contributed by atoms with Crippen molar-refractivity contribution in [2.75, 3.05) is 7.11 Å². The Bertz CT molecular complexity index is 1330. The van der Waals surface area contributed by atoms with Crippen LogP contribution in [0.2, 0.25) is 0 Å². The van der Waals surface area contributed by atoms with Gasteiger partial charge in [-0.15, -0.1) is 0 Å². The van der Waals surface area contributed by atoms with E-state index in [1.54, 1.807) is 30.3 Å². The van der Waals surface area contributed by atoms with Crippen molar-refractivity contribution < 1.29 is 42.4 Å². The molecule has 0 unspecified atom stereocenters. The van der Waals surface area contributed by atoms with Crippen LogP contribution in [-0.2, 0) is 27.0 Å². The van der Waals surface area contributed by atoms with Crippen LogP contribution >= 0.6 is 0 Å². The number of halogens is 3. The quantitative estimate of drug-likeness (QED) is 0.581. The van der Waals surface area contributed by atoms with Gasteiger partial charge in [0.15, 0.2) is 5.60 Å². The minimum Gasteiger partial charge on any atom is -0.495 e. The average molecular weight is 485 g/mol. The molecule has 3 aromatic rings. The zero-order chi connectivity index (χ0) is 25.2. The lowest BCUT2D eigenvalue weighted by Gasteiger charge is -2.39. The molecular formula is C25H18F3NO6. The molecule has 2 N–H and O–H groups in total. The van der Waals surface area contributed by atoms with Crippen molar-refractivity contribution in [2.24, 2.45) is 5.92 Å². The molecule has 1 fully saturated rings. The van der Waals surface area contributed by atoms with Crippen LogP contribution in [0.25, 0.3) is 0 Å². The fraction of sp³-hybridized carbons (Fsp3) is 0.240. The van der Waals surface area contributed by atoms with Crippen molar-refractivity contribution in [3.63, 3.8) is 0 Å². The van der Waals surface area contributed by atoms with Crippen LogP contribution in [0.5, 0.6) is 11.5 Å². The third kappa shape index (κ3) is 2.99. The van der Waals surface area contributed by atoms with Gasteiger partial charge in [0.25, 0.3) is 0 Å². The van der Waals surface area contributed by atoms with E-state index in [0.29, 0.717) is 5.56 Å². The second-order valence-corrected chi connectivity index (χ2v) is 8.43. The summed E-state index contributed by atoms with van der Waals surface area (Å²) in [7, 11) is 1.27. The number of carbonyl (C=O) groups is 2. The van der Waals surface area contributed by atoms with Crippen molar-refractivity contribution in [3.8, 4) is 11.5 Å². The molecule has 1 aliphatic carbocycles. The fourth-order valence-corrected chi connectivity index (χ4v) is 5.31. The maximum absolute atomic E-state index is 14.1. The highest BCUT2D eigenvalue weighted by atomic mass is 19.4. The molecule has 4 atom stereocenters. The minimum absolute atomic E-state index is 0.0278. The number of aliphatic carboxylic acids is 1. The molecule has 2 bridgehead atoms. The summed E-state index contributed by atoms with van der Waals surface area (Å²) in [5.41, 5.74) is -5.58. The lowest BCUT2D eigenvalue weighted by molar-refractivity contribution is -0.161. The minimum atomic E-state index is -4.63. The van der Waals surface area contributed by atoms with E-state index in [2.05, 4.69) is 4.98 Å². The predicted molar refractivity (Wildman–Crippen MR) is 114 cm³/mol. The number of ketones is 1. The van der Waals surface area contributed by atoms with Crippen molar-refractivity contribution in [1.82, 2.24) is 4.98 Å². The van der Waals surface area contributed by atoms with Crippen molar-refractivity contribution in [1.29, 1.82) is 0 Å². The molecule has 1 aliphatic heterocycles. The van der Waals surface area contributed by atoms with Crippen LogP contribution in [0, 0.1) is 5.92 Å². The molecule has 180 valence electrons. The Kier molecular flexibility index (Phi) is 4.92. The van der Waals surface area contributed by atoms with Crippen molar-refractivity contribution in [3.05, 3.63) is 89.2 Å². The number of aliphatic hydroxyl groups is 1. The summed E-state index contributed by atoms with van der Waals surface area (Å²) in [5.74, 6) is -5.71. The first kappa shape index (κ1) is 22.9. The Hall–Kier alpha value is -3.92. The summed E-state index contributed by atoms with van der Waals surface area (Å²) in [5, 5.41) is 22.2. The van der Waals surface area contributed by atoms with Crippen LogP contribution in [0.1, 0.15) is 28.2 Å². The van der Waals surface area contributed by atoms with E-state index in [4.69, 9.17) is 9.47 Å². The number of nitrogens with zero attached hydrogens (tertiary/aromatic N) is 1. The van der Waals surface area contributed by atoms with Gasteiger partial charge in [-0.2, -0.15) is 13.2 Å². The lowest BCUT2D eigenvalue weighted by atomic mass is 9.75. The Labute approximate surface area is 196 Å². The van der Waals surface area contributed by atoms with Crippen LogP contribution in [-0.4, -0.2) is 34.1 Å². The largest absolute Gasteiger partial charge is 0.495 e. The van der Waals surface area contributed by atoms with Gasteiger partial charge in [0.2, 0.25) is 11.4 Å². The van der Waals surface area contributed by atoms with Gasteiger partial charge in [0, 0.05) is 5.56 Å². The first-order valence-electron chi connectivity index (χ1n) is 10.5. The van der Waals surface area contributed by atoms with Gasteiger partial charge in [-0.25, -0.2) is 0 Å². The number of aromatic nitrogens is 1. The van der Waals surface area contributed by atoms with Crippen LogP contribution in [0.15, 0.2) is 67.0 Å². The number of carboxylic acids is 1. The molecule has 5 rings (SSSR count). The van der Waals surface area contributed by atoms with Crippen LogP contribution < -0.4 is 9.47 Å². The molecule has 0 spiro atoms. The van der Waals surface area contributed by atoms with E-state index in [1.165, 1.54) is 19.5 Å². The maximum atomic E-state index is 14.1. The standard InChI is InChI=1S/C25H18F3NO6/c1-34-16-11-29-12-17-19(16)23(33)20(21(30)31)18(13-5-3-2-4-6-13)24(35-17,22(23)32)14-7-9-15(10-8-14)25(26,27)28/h2-12,18,20,33H,1H3,(H,30,31)/t18-,20-,23+,24-/m1/s1. The second-order valence-electron chi connectivity index (χ2n) is 8.43. The third-order valence-corrected chi connectivity index (χ3v) is 6.72. The topological polar surface area (TPSA) is 106 Å². The van der Waals surface area contributed by atoms with Gasteiger partial charge < -0.3 is 19.7 Å². The highest BCUT2D eigenvalue weighted by molar-refractivity contribution is 6.07. The van der Waals surface area contributed by atoms with E-state index < -0.39 is 46.5 Å². The Balaban J connectivity index is 1.86. The molecule has 2 heterocycles. The van der Waals surface area contributed by atoms with Gasteiger partial charge in [0.1, 0.15) is 17.4 Å².